The van der Waals surface area contributed by atoms with Crippen LogP contribution in [0.4, 0.5) is 0 Å². The molecule has 3 N–H and O–H groups in total. The summed E-state index contributed by atoms with van der Waals surface area (Å²) < 4.78 is 0. The molecule has 17 heavy (non-hydrogen) atoms. The van der Waals surface area contributed by atoms with Crippen LogP contribution in [0.15, 0.2) is 0 Å². The summed E-state index contributed by atoms with van der Waals surface area (Å²) in [5, 5.41) is 22.0. The van der Waals surface area contributed by atoms with Gasteiger partial charge in [-0.05, 0) is 50.9 Å². The van der Waals surface area contributed by atoms with E-state index in [0.717, 1.165) is 0 Å². The van der Waals surface area contributed by atoms with Crippen LogP contribution >= 0.6 is 0 Å². The average Bonchev–Trinajstić information content (AvgIpc) is 2.81. The molecule has 0 aliphatic heterocycles. The van der Waals surface area contributed by atoms with Gasteiger partial charge < -0.3 is 15.5 Å². The minimum absolute atomic E-state index is 0.00510. The predicted octanol–water partition coefficient (Wildman–Crippen LogP) is 1.82. The molecule has 0 unspecified atom stereocenters. The first-order valence-corrected chi connectivity index (χ1v) is 7.11. The van der Waals surface area contributed by atoms with Crippen LogP contribution in [0, 0.1) is 5.41 Å². The maximum absolute atomic E-state index is 9.30. The van der Waals surface area contributed by atoms with E-state index in [-0.39, 0.29) is 13.2 Å². The fourth-order valence-electron chi connectivity index (χ4n) is 3.63. The van der Waals surface area contributed by atoms with Gasteiger partial charge in [-0.25, -0.2) is 0 Å². The molecule has 2 aliphatic carbocycles. The second-order valence-electron chi connectivity index (χ2n) is 6.50. The lowest BCUT2D eigenvalue weighted by Gasteiger charge is -2.41. The van der Waals surface area contributed by atoms with Crippen molar-refractivity contribution in [1.29, 1.82) is 0 Å². The van der Waals surface area contributed by atoms with Crippen molar-refractivity contribution in [2.45, 2.75) is 69.9 Å². The maximum atomic E-state index is 9.30. The van der Waals surface area contributed by atoms with E-state index in [1.54, 1.807) is 0 Å². The number of nitrogens with one attached hydrogen (secondary N) is 1. The van der Waals surface area contributed by atoms with Crippen LogP contribution in [-0.2, 0) is 0 Å². The molecule has 2 fully saturated rings. The molecular formula is C14H27NO2. The van der Waals surface area contributed by atoms with Gasteiger partial charge in [-0.2, -0.15) is 0 Å². The maximum Gasteiger partial charge on any atom is 0.0633 e. The van der Waals surface area contributed by atoms with Crippen molar-refractivity contribution in [1.82, 2.24) is 5.32 Å². The summed E-state index contributed by atoms with van der Waals surface area (Å²) in [5.74, 6) is 0. The number of hydrogen-bond acceptors (Lipinski definition) is 3. The van der Waals surface area contributed by atoms with E-state index in [9.17, 15) is 10.2 Å². The first-order chi connectivity index (χ1) is 8.11. The van der Waals surface area contributed by atoms with E-state index in [1.165, 1.54) is 51.4 Å². The van der Waals surface area contributed by atoms with Gasteiger partial charge >= 0.3 is 0 Å². The lowest BCUT2D eigenvalue weighted by Crippen LogP contribution is -2.54. The lowest BCUT2D eigenvalue weighted by molar-refractivity contribution is 0.0750. The van der Waals surface area contributed by atoms with E-state index in [4.69, 9.17) is 0 Å². The van der Waals surface area contributed by atoms with Crippen molar-refractivity contribution < 1.29 is 10.2 Å². The third-order valence-electron chi connectivity index (χ3n) is 4.96. The summed E-state index contributed by atoms with van der Waals surface area (Å²) in [7, 11) is 0. The first kappa shape index (κ1) is 13.3. The minimum atomic E-state index is -0.509. The van der Waals surface area contributed by atoms with E-state index < -0.39 is 5.54 Å². The van der Waals surface area contributed by atoms with Crippen LogP contribution in [0.25, 0.3) is 0 Å². The molecular weight excluding hydrogens is 214 g/mol. The summed E-state index contributed by atoms with van der Waals surface area (Å²) in [6.45, 7) is 1.91. The highest BCUT2D eigenvalue weighted by Crippen LogP contribution is 2.48. The van der Waals surface area contributed by atoms with Gasteiger partial charge in [0.2, 0.25) is 0 Å². The van der Waals surface area contributed by atoms with Gasteiger partial charge in [-0.15, -0.1) is 0 Å². The molecule has 3 nitrogen and oxygen atoms in total. The van der Waals surface area contributed by atoms with Crippen LogP contribution in [0.1, 0.15) is 58.3 Å². The Kier molecular flexibility index (Phi) is 4.11. The molecule has 0 amide bonds. The van der Waals surface area contributed by atoms with Crippen LogP contribution in [0.3, 0.4) is 0 Å². The van der Waals surface area contributed by atoms with Gasteiger partial charge in [0.25, 0.3) is 0 Å². The molecule has 2 saturated carbocycles. The van der Waals surface area contributed by atoms with Crippen molar-refractivity contribution in [3.63, 3.8) is 0 Å². The Morgan fingerprint density at radius 2 is 1.59 bits per heavy atom. The summed E-state index contributed by atoms with van der Waals surface area (Å²) in [6, 6.07) is 0.477. The normalized spacial score (nSPS) is 25.6. The molecule has 2 rings (SSSR count). The summed E-state index contributed by atoms with van der Waals surface area (Å²) in [4.78, 5) is 0. The molecule has 0 saturated heterocycles. The van der Waals surface area contributed by atoms with Crippen molar-refractivity contribution >= 4 is 0 Å². The molecule has 1 spiro atoms. The second kappa shape index (κ2) is 5.25. The third-order valence-corrected chi connectivity index (χ3v) is 4.96. The molecule has 0 heterocycles. The Bertz CT molecular complexity index is 235. The van der Waals surface area contributed by atoms with E-state index >= 15 is 0 Å². The second-order valence-corrected chi connectivity index (χ2v) is 6.50. The monoisotopic (exact) mass is 241 g/mol. The largest absolute Gasteiger partial charge is 0.394 e. The number of aliphatic hydroxyl groups is 2. The smallest absolute Gasteiger partial charge is 0.0633 e. The van der Waals surface area contributed by atoms with Gasteiger partial charge in [-0.3, -0.25) is 0 Å². The molecule has 3 heteroatoms. The van der Waals surface area contributed by atoms with E-state index in [2.05, 4.69) is 5.32 Å². The average molecular weight is 241 g/mol. The van der Waals surface area contributed by atoms with Gasteiger partial charge in [-0.1, -0.05) is 12.8 Å². The first-order valence-electron chi connectivity index (χ1n) is 7.11. The summed E-state index contributed by atoms with van der Waals surface area (Å²) in [5.41, 5.74) is 0.151. The van der Waals surface area contributed by atoms with Crippen LogP contribution in [-0.4, -0.2) is 35.0 Å². The zero-order valence-corrected chi connectivity index (χ0v) is 11.0. The molecule has 0 aromatic heterocycles. The van der Waals surface area contributed by atoms with Crippen LogP contribution < -0.4 is 5.32 Å². The van der Waals surface area contributed by atoms with E-state index in [0.29, 0.717) is 11.5 Å². The predicted molar refractivity (Wildman–Crippen MR) is 68.9 cm³/mol. The highest BCUT2D eigenvalue weighted by atomic mass is 16.3. The number of hydrogen-bond donors (Lipinski definition) is 3. The van der Waals surface area contributed by atoms with Crippen molar-refractivity contribution in [3.8, 4) is 0 Å². The van der Waals surface area contributed by atoms with E-state index in [1.807, 2.05) is 6.92 Å². The van der Waals surface area contributed by atoms with Crippen molar-refractivity contribution in [2.24, 2.45) is 5.41 Å². The van der Waals surface area contributed by atoms with Gasteiger partial charge in [0.15, 0.2) is 0 Å². The Balaban J connectivity index is 1.82. The van der Waals surface area contributed by atoms with Gasteiger partial charge in [0, 0.05) is 6.04 Å². The highest BCUT2D eigenvalue weighted by molar-refractivity contribution is 4.94. The highest BCUT2D eigenvalue weighted by Gasteiger charge is 2.38. The van der Waals surface area contributed by atoms with Crippen molar-refractivity contribution in [3.05, 3.63) is 0 Å². The standard InChI is InChI=1S/C14H27NO2/c1-13(10-16,11-17)15-12-4-8-14(9-5-12)6-2-3-7-14/h12,15-17H,2-11H2,1H3. The van der Waals surface area contributed by atoms with Crippen LogP contribution in [0.2, 0.25) is 0 Å². The Labute approximate surface area is 105 Å². The summed E-state index contributed by atoms with van der Waals surface area (Å²) >= 11 is 0. The number of aliphatic hydroxyl groups excluding tert-OH is 2. The molecule has 0 aromatic rings. The molecule has 0 atom stereocenters. The topological polar surface area (TPSA) is 52.5 Å². The Morgan fingerprint density at radius 1 is 1.06 bits per heavy atom. The molecule has 0 radical (unpaired) electrons. The van der Waals surface area contributed by atoms with Crippen molar-refractivity contribution in [2.75, 3.05) is 13.2 Å². The third kappa shape index (κ3) is 3.01. The lowest BCUT2D eigenvalue weighted by atomic mass is 9.71. The quantitative estimate of drug-likeness (QED) is 0.704. The SMILES string of the molecule is CC(CO)(CO)NC1CCC2(CCCC2)CC1. The van der Waals surface area contributed by atoms with Gasteiger partial charge in [0.05, 0.1) is 18.8 Å². The molecule has 0 bridgehead atoms. The minimum Gasteiger partial charge on any atom is -0.394 e. The Morgan fingerprint density at radius 3 is 2.06 bits per heavy atom. The zero-order valence-electron chi connectivity index (χ0n) is 11.0. The Hall–Kier alpha value is -0.120. The molecule has 100 valence electrons. The zero-order chi connectivity index (χ0) is 12.4. The van der Waals surface area contributed by atoms with Gasteiger partial charge in [0.1, 0.15) is 0 Å². The van der Waals surface area contributed by atoms with Crippen LogP contribution in [0.5, 0.6) is 0 Å². The molecule has 2 aliphatic rings. The molecule has 0 aromatic carbocycles. The summed E-state index contributed by atoms with van der Waals surface area (Å²) in [6.07, 6.45) is 10.8. The fourth-order valence-corrected chi connectivity index (χ4v) is 3.63. The number of rotatable bonds is 4. The fraction of sp³-hybridized carbons (Fsp3) is 1.00.